The van der Waals surface area contributed by atoms with Crippen LogP contribution >= 0.6 is 0 Å². The number of hydrogen-bond donors (Lipinski definition) is 2. The van der Waals surface area contributed by atoms with Gasteiger partial charge < -0.3 is 16.0 Å². The highest BCUT2D eigenvalue weighted by molar-refractivity contribution is 5.40. The molecule has 1 aliphatic rings. The molecule has 88 valence electrons. The second kappa shape index (κ2) is 4.25. The van der Waals surface area contributed by atoms with Crippen molar-refractivity contribution in [2.45, 2.75) is 24.8 Å². The summed E-state index contributed by atoms with van der Waals surface area (Å²) in [6.07, 6.45) is 5.21. The van der Waals surface area contributed by atoms with Crippen LogP contribution in [-0.4, -0.2) is 36.1 Å². The fourth-order valence-electron chi connectivity index (χ4n) is 1.74. The van der Waals surface area contributed by atoms with E-state index in [1.54, 1.807) is 6.20 Å². The Morgan fingerprint density at radius 3 is 2.81 bits per heavy atom. The Hall–Kier alpha value is -1.36. The third-order valence-corrected chi connectivity index (χ3v) is 3.01. The highest BCUT2D eigenvalue weighted by Gasteiger charge is 2.32. The molecule has 0 amide bonds. The predicted octanol–water partition coefficient (Wildman–Crippen LogP) is 0.836. The summed E-state index contributed by atoms with van der Waals surface area (Å²) in [6.45, 7) is 0.789. The Balaban J connectivity index is 1.96. The molecule has 1 aliphatic carbocycles. The van der Waals surface area contributed by atoms with E-state index in [0.717, 1.165) is 25.2 Å². The molecule has 5 nitrogen and oxygen atoms in total. The summed E-state index contributed by atoms with van der Waals surface area (Å²) in [5.41, 5.74) is 6.11. The highest BCUT2D eigenvalue weighted by atomic mass is 15.2. The van der Waals surface area contributed by atoms with E-state index < -0.39 is 0 Å². The van der Waals surface area contributed by atoms with Crippen LogP contribution in [-0.2, 0) is 0 Å². The van der Waals surface area contributed by atoms with Crippen molar-refractivity contribution in [3.63, 3.8) is 0 Å². The maximum absolute atomic E-state index is 6.13. The molecule has 0 saturated heterocycles. The molecule has 2 rings (SSSR count). The molecule has 0 unspecified atom stereocenters. The largest absolute Gasteiger partial charge is 0.368 e. The fourth-order valence-corrected chi connectivity index (χ4v) is 1.74. The van der Waals surface area contributed by atoms with Crippen molar-refractivity contribution in [1.29, 1.82) is 0 Å². The molecule has 3 N–H and O–H groups in total. The molecule has 0 aromatic carbocycles. The third kappa shape index (κ3) is 2.41. The van der Waals surface area contributed by atoms with Crippen molar-refractivity contribution >= 4 is 11.8 Å². The average Bonchev–Trinajstić information content (AvgIpc) is 2.24. The number of nitrogens with two attached hydrogens (primary N) is 1. The molecule has 0 radical (unpaired) electrons. The lowest BCUT2D eigenvalue weighted by atomic mass is 9.78. The van der Waals surface area contributed by atoms with E-state index in [-0.39, 0.29) is 5.54 Å². The molecular weight excluding hydrogens is 202 g/mol. The molecular formula is C11H19N5. The van der Waals surface area contributed by atoms with Crippen LogP contribution in [0.15, 0.2) is 12.3 Å². The summed E-state index contributed by atoms with van der Waals surface area (Å²) in [4.78, 5) is 10.4. The van der Waals surface area contributed by atoms with Crippen molar-refractivity contribution in [3.05, 3.63) is 12.3 Å². The zero-order chi connectivity index (χ0) is 11.6. The lowest BCUT2D eigenvalue weighted by molar-refractivity contribution is 0.265. The van der Waals surface area contributed by atoms with E-state index in [1.807, 2.05) is 25.1 Å². The number of rotatable bonds is 4. The van der Waals surface area contributed by atoms with Crippen molar-refractivity contribution in [3.8, 4) is 0 Å². The van der Waals surface area contributed by atoms with Gasteiger partial charge in [-0.15, -0.1) is 0 Å². The zero-order valence-corrected chi connectivity index (χ0v) is 9.90. The molecule has 0 bridgehead atoms. The van der Waals surface area contributed by atoms with Crippen molar-refractivity contribution in [2.75, 3.05) is 30.9 Å². The minimum atomic E-state index is -0.0246. The van der Waals surface area contributed by atoms with Crippen LogP contribution in [0.5, 0.6) is 0 Å². The molecule has 1 aromatic rings. The van der Waals surface area contributed by atoms with Gasteiger partial charge in [-0.25, -0.2) is 4.98 Å². The Morgan fingerprint density at radius 2 is 2.25 bits per heavy atom. The topological polar surface area (TPSA) is 67.1 Å². The Kier molecular flexibility index (Phi) is 2.96. The Morgan fingerprint density at radius 1 is 1.50 bits per heavy atom. The molecule has 5 heteroatoms. The molecule has 0 aliphatic heterocycles. The summed E-state index contributed by atoms with van der Waals surface area (Å²) in [5, 5.41) is 3.28. The second-order valence-corrected chi connectivity index (χ2v) is 4.71. The fraction of sp³-hybridized carbons (Fsp3) is 0.636. The molecule has 1 fully saturated rings. The van der Waals surface area contributed by atoms with Gasteiger partial charge in [0, 0.05) is 32.4 Å². The normalized spacial score (nSPS) is 17.7. The van der Waals surface area contributed by atoms with Gasteiger partial charge in [0.2, 0.25) is 5.95 Å². The van der Waals surface area contributed by atoms with E-state index >= 15 is 0 Å². The molecule has 1 aromatic heterocycles. The van der Waals surface area contributed by atoms with E-state index in [9.17, 15) is 0 Å². The highest BCUT2D eigenvalue weighted by Crippen LogP contribution is 2.29. The summed E-state index contributed by atoms with van der Waals surface area (Å²) in [6, 6.07) is 1.87. The first-order valence-corrected chi connectivity index (χ1v) is 5.62. The smallest absolute Gasteiger partial charge is 0.226 e. The second-order valence-electron chi connectivity index (χ2n) is 4.71. The van der Waals surface area contributed by atoms with Gasteiger partial charge >= 0.3 is 0 Å². The average molecular weight is 221 g/mol. The number of nitrogens with zero attached hydrogens (tertiary/aromatic N) is 3. The Labute approximate surface area is 96.1 Å². The first-order valence-electron chi connectivity index (χ1n) is 5.62. The maximum Gasteiger partial charge on any atom is 0.226 e. The van der Waals surface area contributed by atoms with Crippen LogP contribution in [0, 0.1) is 0 Å². The lowest BCUT2D eigenvalue weighted by Crippen LogP contribution is -2.52. The van der Waals surface area contributed by atoms with Crippen molar-refractivity contribution in [2.24, 2.45) is 5.73 Å². The SMILES string of the molecule is CN(C)c1nccc(NCC2(N)CCC2)n1. The standard InChI is InChI=1S/C11H19N5/c1-16(2)10-13-7-4-9(15-10)14-8-11(12)5-3-6-11/h4,7H,3,5-6,8,12H2,1-2H3,(H,13,14,15). The quantitative estimate of drug-likeness (QED) is 0.788. The van der Waals surface area contributed by atoms with Gasteiger partial charge in [-0.3, -0.25) is 0 Å². The van der Waals surface area contributed by atoms with Gasteiger partial charge in [0.1, 0.15) is 5.82 Å². The zero-order valence-electron chi connectivity index (χ0n) is 9.90. The van der Waals surface area contributed by atoms with E-state index in [0.29, 0.717) is 5.95 Å². The van der Waals surface area contributed by atoms with Crippen LogP contribution in [0.1, 0.15) is 19.3 Å². The summed E-state index contributed by atoms with van der Waals surface area (Å²) in [5.74, 6) is 1.56. The van der Waals surface area contributed by atoms with Crippen LogP contribution in [0.3, 0.4) is 0 Å². The number of nitrogens with one attached hydrogen (secondary N) is 1. The molecule has 1 heterocycles. The minimum Gasteiger partial charge on any atom is -0.368 e. The first-order chi connectivity index (χ1) is 7.59. The summed E-state index contributed by atoms with van der Waals surface area (Å²) >= 11 is 0. The number of anilines is 2. The van der Waals surface area contributed by atoms with Gasteiger partial charge in [0.05, 0.1) is 0 Å². The molecule has 0 spiro atoms. The lowest BCUT2D eigenvalue weighted by Gasteiger charge is -2.38. The maximum atomic E-state index is 6.13. The van der Waals surface area contributed by atoms with Crippen LogP contribution in [0.2, 0.25) is 0 Å². The Bertz CT molecular complexity index is 359. The predicted molar refractivity (Wildman–Crippen MR) is 65.6 cm³/mol. The van der Waals surface area contributed by atoms with Crippen LogP contribution in [0.4, 0.5) is 11.8 Å². The van der Waals surface area contributed by atoms with Crippen LogP contribution < -0.4 is 16.0 Å². The minimum absolute atomic E-state index is 0.0246. The first kappa shape index (κ1) is 11.1. The van der Waals surface area contributed by atoms with E-state index in [1.165, 1.54) is 6.42 Å². The molecule has 16 heavy (non-hydrogen) atoms. The molecule has 1 saturated carbocycles. The number of aromatic nitrogens is 2. The van der Waals surface area contributed by atoms with Crippen molar-refractivity contribution in [1.82, 2.24) is 9.97 Å². The van der Waals surface area contributed by atoms with E-state index in [2.05, 4.69) is 15.3 Å². The van der Waals surface area contributed by atoms with Crippen molar-refractivity contribution < 1.29 is 0 Å². The van der Waals surface area contributed by atoms with Gasteiger partial charge in [0.25, 0.3) is 0 Å². The van der Waals surface area contributed by atoms with E-state index in [4.69, 9.17) is 5.73 Å². The van der Waals surface area contributed by atoms with Gasteiger partial charge in [-0.1, -0.05) is 0 Å². The van der Waals surface area contributed by atoms with Gasteiger partial charge in [-0.05, 0) is 25.3 Å². The van der Waals surface area contributed by atoms with Crippen LogP contribution in [0.25, 0.3) is 0 Å². The molecule has 0 atom stereocenters. The summed E-state index contributed by atoms with van der Waals surface area (Å²) < 4.78 is 0. The van der Waals surface area contributed by atoms with Gasteiger partial charge in [0.15, 0.2) is 0 Å². The van der Waals surface area contributed by atoms with Gasteiger partial charge in [-0.2, -0.15) is 4.98 Å². The monoisotopic (exact) mass is 221 g/mol. The third-order valence-electron chi connectivity index (χ3n) is 3.01. The summed E-state index contributed by atoms with van der Waals surface area (Å²) in [7, 11) is 3.85. The number of hydrogen-bond acceptors (Lipinski definition) is 5.